The van der Waals surface area contributed by atoms with Crippen LogP contribution in [0.1, 0.15) is 65.2 Å². The Bertz CT molecular complexity index is 428. The Kier molecular flexibility index (Phi) is 9.40. The summed E-state index contributed by atoms with van der Waals surface area (Å²) in [7, 11) is 0. The topological polar surface area (TPSA) is 64.7 Å². The van der Waals surface area contributed by atoms with Gasteiger partial charge in [-0.3, -0.25) is 19.4 Å². The summed E-state index contributed by atoms with van der Waals surface area (Å²) in [6.45, 7) is 8.48. The summed E-state index contributed by atoms with van der Waals surface area (Å²) >= 11 is 0. The van der Waals surface area contributed by atoms with E-state index in [4.69, 9.17) is 0 Å². The van der Waals surface area contributed by atoms with Crippen LogP contribution in [0.25, 0.3) is 0 Å². The number of carbonyl (C=O) groups excluding carboxylic acids is 2. The molecule has 0 spiro atoms. The largest absolute Gasteiger partial charge is 0.353 e. The van der Waals surface area contributed by atoms with E-state index >= 15 is 0 Å². The van der Waals surface area contributed by atoms with E-state index in [9.17, 15) is 9.59 Å². The summed E-state index contributed by atoms with van der Waals surface area (Å²) in [5.41, 5.74) is 0. The van der Waals surface area contributed by atoms with Crippen LogP contribution in [0.3, 0.4) is 0 Å². The minimum absolute atomic E-state index is 0.106. The molecule has 2 aliphatic rings. The molecule has 2 fully saturated rings. The standard InChI is InChI=1S/C20H38N4O2/c1-3-17(2)21-19(25)15-23-11-13-24(14-12-23)16-20(26)22-18-9-7-5-4-6-8-10-18/h17-18H,3-16H2,1-2H3,(H,21,25)(H,22,26). The maximum atomic E-state index is 12.4. The molecule has 2 N–H and O–H groups in total. The van der Waals surface area contributed by atoms with Crippen LogP contribution >= 0.6 is 0 Å². The summed E-state index contributed by atoms with van der Waals surface area (Å²) < 4.78 is 0. The number of rotatable bonds is 7. The average molecular weight is 367 g/mol. The third-order valence-electron chi connectivity index (χ3n) is 5.69. The van der Waals surface area contributed by atoms with Gasteiger partial charge in [-0.25, -0.2) is 0 Å². The van der Waals surface area contributed by atoms with E-state index in [1.54, 1.807) is 0 Å². The zero-order valence-corrected chi connectivity index (χ0v) is 16.8. The first-order chi connectivity index (χ1) is 12.6. The van der Waals surface area contributed by atoms with Crippen molar-refractivity contribution < 1.29 is 9.59 Å². The lowest BCUT2D eigenvalue weighted by atomic mass is 9.97. The molecule has 150 valence electrons. The molecule has 0 aromatic heterocycles. The van der Waals surface area contributed by atoms with Crippen LogP contribution in [0.5, 0.6) is 0 Å². The van der Waals surface area contributed by atoms with Crippen LogP contribution in [-0.4, -0.2) is 73.0 Å². The van der Waals surface area contributed by atoms with Crippen molar-refractivity contribution in [2.75, 3.05) is 39.3 Å². The molecule has 1 unspecified atom stereocenters. The maximum Gasteiger partial charge on any atom is 0.234 e. The van der Waals surface area contributed by atoms with Gasteiger partial charge in [-0.1, -0.05) is 39.0 Å². The van der Waals surface area contributed by atoms with Crippen LogP contribution in [0.15, 0.2) is 0 Å². The second-order valence-electron chi connectivity index (χ2n) is 8.04. The number of amides is 2. The van der Waals surface area contributed by atoms with E-state index < -0.39 is 0 Å². The Balaban J connectivity index is 1.63. The molecule has 1 saturated carbocycles. The van der Waals surface area contributed by atoms with Crippen LogP contribution < -0.4 is 10.6 Å². The van der Waals surface area contributed by atoms with Gasteiger partial charge in [-0.15, -0.1) is 0 Å². The van der Waals surface area contributed by atoms with Crippen molar-refractivity contribution in [1.82, 2.24) is 20.4 Å². The van der Waals surface area contributed by atoms with Gasteiger partial charge in [-0.2, -0.15) is 0 Å². The summed E-state index contributed by atoms with van der Waals surface area (Å²) in [4.78, 5) is 28.7. The molecule has 26 heavy (non-hydrogen) atoms. The fourth-order valence-electron chi connectivity index (χ4n) is 3.81. The van der Waals surface area contributed by atoms with Gasteiger partial charge in [-0.05, 0) is 26.2 Å². The van der Waals surface area contributed by atoms with Crippen LogP contribution in [0, 0.1) is 0 Å². The van der Waals surface area contributed by atoms with Crippen molar-refractivity contribution in [2.24, 2.45) is 0 Å². The number of nitrogens with one attached hydrogen (secondary N) is 2. The molecule has 1 heterocycles. The Morgan fingerprint density at radius 3 is 1.92 bits per heavy atom. The Morgan fingerprint density at radius 1 is 0.885 bits per heavy atom. The lowest BCUT2D eigenvalue weighted by Gasteiger charge is -2.34. The first kappa shape index (κ1) is 21.2. The molecule has 1 atom stereocenters. The van der Waals surface area contributed by atoms with Gasteiger partial charge in [0.1, 0.15) is 0 Å². The summed E-state index contributed by atoms with van der Waals surface area (Å²) in [5, 5.41) is 6.26. The maximum absolute atomic E-state index is 12.4. The van der Waals surface area contributed by atoms with E-state index in [-0.39, 0.29) is 17.9 Å². The highest BCUT2D eigenvalue weighted by atomic mass is 16.2. The molecule has 2 rings (SSSR count). The molecule has 2 amide bonds. The fraction of sp³-hybridized carbons (Fsp3) is 0.900. The molecule has 1 aliphatic carbocycles. The predicted octanol–water partition coefficient (Wildman–Crippen LogP) is 1.75. The van der Waals surface area contributed by atoms with E-state index in [0.29, 0.717) is 19.1 Å². The smallest absolute Gasteiger partial charge is 0.234 e. The fourth-order valence-corrected chi connectivity index (χ4v) is 3.81. The van der Waals surface area contributed by atoms with E-state index in [1.165, 1.54) is 32.1 Å². The Labute approximate surface area is 159 Å². The minimum atomic E-state index is 0.106. The number of carbonyl (C=O) groups is 2. The highest BCUT2D eigenvalue weighted by molar-refractivity contribution is 5.79. The Morgan fingerprint density at radius 2 is 1.38 bits per heavy atom. The third kappa shape index (κ3) is 8.04. The molecular formula is C20H38N4O2. The Hall–Kier alpha value is -1.14. The molecule has 0 aromatic carbocycles. The van der Waals surface area contributed by atoms with Gasteiger partial charge < -0.3 is 10.6 Å². The summed E-state index contributed by atoms with van der Waals surface area (Å²) in [5.74, 6) is 0.272. The molecule has 6 heteroatoms. The zero-order valence-electron chi connectivity index (χ0n) is 16.8. The lowest BCUT2D eigenvalue weighted by Crippen LogP contribution is -2.52. The van der Waals surface area contributed by atoms with Gasteiger partial charge >= 0.3 is 0 Å². The summed E-state index contributed by atoms with van der Waals surface area (Å²) in [6, 6.07) is 0.606. The predicted molar refractivity (Wildman–Crippen MR) is 105 cm³/mol. The van der Waals surface area contributed by atoms with Crippen LogP contribution in [-0.2, 0) is 9.59 Å². The normalized spacial score (nSPS) is 22.2. The monoisotopic (exact) mass is 366 g/mol. The van der Waals surface area contributed by atoms with Gasteiger partial charge in [0.2, 0.25) is 11.8 Å². The van der Waals surface area contributed by atoms with Crippen LogP contribution in [0.2, 0.25) is 0 Å². The third-order valence-corrected chi connectivity index (χ3v) is 5.69. The quantitative estimate of drug-likeness (QED) is 0.720. The second-order valence-corrected chi connectivity index (χ2v) is 8.04. The van der Waals surface area contributed by atoms with Crippen molar-refractivity contribution in [2.45, 2.75) is 77.3 Å². The number of nitrogens with zero attached hydrogens (tertiary/aromatic N) is 2. The highest BCUT2D eigenvalue weighted by Gasteiger charge is 2.22. The van der Waals surface area contributed by atoms with Crippen molar-refractivity contribution in [3.05, 3.63) is 0 Å². The summed E-state index contributed by atoms with van der Waals surface area (Å²) in [6.07, 6.45) is 9.65. The molecule has 6 nitrogen and oxygen atoms in total. The van der Waals surface area contributed by atoms with Crippen molar-refractivity contribution in [1.29, 1.82) is 0 Å². The van der Waals surface area contributed by atoms with Crippen molar-refractivity contribution in [3.63, 3.8) is 0 Å². The first-order valence-electron chi connectivity index (χ1n) is 10.6. The van der Waals surface area contributed by atoms with E-state index in [0.717, 1.165) is 45.4 Å². The molecule has 1 aliphatic heterocycles. The number of piperazine rings is 1. The highest BCUT2D eigenvalue weighted by Crippen LogP contribution is 2.17. The zero-order chi connectivity index (χ0) is 18.8. The molecule has 0 aromatic rings. The number of hydrogen-bond donors (Lipinski definition) is 2. The molecule has 1 saturated heterocycles. The van der Waals surface area contributed by atoms with Crippen molar-refractivity contribution in [3.8, 4) is 0 Å². The molecule has 0 bridgehead atoms. The second kappa shape index (κ2) is 11.5. The van der Waals surface area contributed by atoms with Crippen LogP contribution in [0.4, 0.5) is 0 Å². The number of hydrogen-bond acceptors (Lipinski definition) is 4. The molecule has 0 radical (unpaired) electrons. The lowest BCUT2D eigenvalue weighted by molar-refractivity contribution is -0.125. The van der Waals surface area contributed by atoms with Crippen molar-refractivity contribution >= 4 is 11.8 Å². The van der Waals surface area contributed by atoms with Gasteiger partial charge in [0.25, 0.3) is 0 Å². The minimum Gasteiger partial charge on any atom is -0.353 e. The molecular weight excluding hydrogens is 328 g/mol. The van der Waals surface area contributed by atoms with Gasteiger partial charge in [0, 0.05) is 38.3 Å². The SMILES string of the molecule is CCC(C)NC(=O)CN1CCN(CC(=O)NC2CCCCCCC2)CC1. The van der Waals surface area contributed by atoms with Gasteiger partial charge in [0.05, 0.1) is 13.1 Å². The first-order valence-corrected chi connectivity index (χ1v) is 10.6. The average Bonchev–Trinajstić information content (AvgIpc) is 2.58. The van der Waals surface area contributed by atoms with Gasteiger partial charge in [0.15, 0.2) is 0 Å². The van der Waals surface area contributed by atoms with E-state index in [2.05, 4.69) is 27.4 Å². The van der Waals surface area contributed by atoms with E-state index in [1.807, 2.05) is 6.92 Å².